The van der Waals surface area contributed by atoms with E-state index in [0.29, 0.717) is 57.3 Å². The number of nitrogens with one attached hydrogen (secondary N) is 1. The maximum Gasteiger partial charge on any atom is 0.234 e. The molecule has 1 N–H and O–H groups in total. The quantitative estimate of drug-likeness (QED) is 0.775. The Labute approximate surface area is 177 Å². The van der Waals surface area contributed by atoms with Gasteiger partial charge in [-0.2, -0.15) is 0 Å². The second-order valence-electron chi connectivity index (χ2n) is 7.77. The summed E-state index contributed by atoms with van der Waals surface area (Å²) in [4.78, 5) is 42.0. The van der Waals surface area contributed by atoms with Crippen LogP contribution in [-0.2, 0) is 20.8 Å². The highest BCUT2D eigenvalue weighted by Crippen LogP contribution is 2.17. The van der Waals surface area contributed by atoms with Gasteiger partial charge >= 0.3 is 0 Å². The Balaban J connectivity index is 1.37. The van der Waals surface area contributed by atoms with Crippen molar-refractivity contribution in [1.29, 1.82) is 0 Å². The Morgan fingerprint density at radius 1 is 1.00 bits per heavy atom. The first-order chi connectivity index (χ1) is 13.9. The zero-order chi connectivity index (χ0) is 20.8. The summed E-state index contributed by atoms with van der Waals surface area (Å²) < 4.78 is 0. The maximum absolute atomic E-state index is 12.5. The molecule has 2 fully saturated rings. The topological polar surface area (TPSA) is 73.0 Å². The molecule has 0 bridgehead atoms. The number of nitrogens with zero attached hydrogens (tertiary/aromatic N) is 3. The first kappa shape index (κ1) is 21.6. The summed E-state index contributed by atoms with van der Waals surface area (Å²) in [5.41, 5.74) is 0.844. The maximum atomic E-state index is 12.5. The van der Waals surface area contributed by atoms with Crippen LogP contribution in [0.25, 0.3) is 0 Å². The molecule has 7 nitrogen and oxygen atoms in total. The number of piperazine rings is 1. The van der Waals surface area contributed by atoms with Crippen molar-refractivity contribution >= 4 is 29.3 Å². The normalized spacial score (nSPS) is 18.6. The van der Waals surface area contributed by atoms with E-state index in [0.717, 1.165) is 18.4 Å². The molecule has 2 aliphatic heterocycles. The number of hydrogen-bond acceptors (Lipinski definition) is 4. The van der Waals surface area contributed by atoms with Crippen LogP contribution >= 0.6 is 11.6 Å². The van der Waals surface area contributed by atoms with Crippen LogP contribution in [0, 0.1) is 0 Å². The summed E-state index contributed by atoms with van der Waals surface area (Å²) in [6, 6.07) is 7.55. The third kappa shape index (κ3) is 6.18. The van der Waals surface area contributed by atoms with E-state index in [1.807, 2.05) is 28.0 Å². The number of carbonyl (C=O) groups is 3. The highest BCUT2D eigenvalue weighted by molar-refractivity contribution is 6.31. The lowest BCUT2D eigenvalue weighted by atomic mass is 10.1. The van der Waals surface area contributed by atoms with Crippen LogP contribution in [0.2, 0.25) is 5.02 Å². The summed E-state index contributed by atoms with van der Waals surface area (Å²) >= 11 is 6.15. The molecular weight excluding hydrogens is 392 g/mol. The van der Waals surface area contributed by atoms with Gasteiger partial charge in [0.2, 0.25) is 17.7 Å². The molecular formula is C21H29ClN4O3. The molecule has 2 heterocycles. The van der Waals surface area contributed by atoms with Crippen LogP contribution in [0.4, 0.5) is 0 Å². The van der Waals surface area contributed by atoms with Gasteiger partial charge in [0, 0.05) is 57.3 Å². The van der Waals surface area contributed by atoms with E-state index in [4.69, 9.17) is 11.6 Å². The van der Waals surface area contributed by atoms with Gasteiger partial charge in [-0.05, 0) is 24.5 Å². The fraction of sp³-hybridized carbons (Fsp3) is 0.571. The van der Waals surface area contributed by atoms with Crippen LogP contribution in [-0.4, -0.2) is 84.3 Å². The van der Waals surface area contributed by atoms with Crippen LogP contribution in [0.15, 0.2) is 24.3 Å². The second kappa shape index (κ2) is 10.1. The molecule has 0 atom stereocenters. The predicted octanol–water partition coefficient (Wildman–Crippen LogP) is 1.15. The minimum atomic E-state index is 0.0159. The minimum absolute atomic E-state index is 0.0159. The molecule has 2 aliphatic rings. The molecule has 0 spiro atoms. The average Bonchev–Trinajstić information content (AvgIpc) is 2.70. The molecule has 2 saturated heterocycles. The van der Waals surface area contributed by atoms with Gasteiger partial charge in [-0.1, -0.05) is 29.8 Å². The standard InChI is InChI=1S/C21H29ClN4O3/c1-16(27)25-8-6-18(7-9-25)23-20(28)15-24-10-12-26(13-11-24)21(29)14-17-4-2-3-5-19(17)22/h2-5,18H,6-15H2,1H3,(H,23,28). The first-order valence-electron chi connectivity index (χ1n) is 10.2. The summed E-state index contributed by atoms with van der Waals surface area (Å²) in [7, 11) is 0. The molecule has 0 aromatic heterocycles. The Morgan fingerprint density at radius 3 is 2.28 bits per heavy atom. The van der Waals surface area contributed by atoms with Crippen molar-refractivity contribution < 1.29 is 14.4 Å². The SMILES string of the molecule is CC(=O)N1CCC(NC(=O)CN2CCN(C(=O)Cc3ccccc3Cl)CC2)CC1. The third-order valence-corrected chi connectivity index (χ3v) is 6.07. The molecule has 0 aliphatic carbocycles. The summed E-state index contributed by atoms with van der Waals surface area (Å²) in [6.45, 7) is 5.94. The van der Waals surface area contributed by atoms with Crippen LogP contribution in [0.3, 0.4) is 0 Å². The first-order valence-corrected chi connectivity index (χ1v) is 10.6. The molecule has 1 aromatic carbocycles. The van der Waals surface area contributed by atoms with E-state index in [9.17, 15) is 14.4 Å². The van der Waals surface area contributed by atoms with Gasteiger partial charge < -0.3 is 15.1 Å². The molecule has 3 amide bonds. The number of piperidine rings is 1. The minimum Gasteiger partial charge on any atom is -0.352 e. The summed E-state index contributed by atoms with van der Waals surface area (Å²) in [6.07, 6.45) is 1.91. The molecule has 29 heavy (non-hydrogen) atoms. The number of likely N-dealkylation sites (tertiary alicyclic amines) is 1. The summed E-state index contributed by atoms with van der Waals surface area (Å²) in [5.74, 6) is 0.179. The van der Waals surface area contributed by atoms with Crippen molar-refractivity contribution in [3.8, 4) is 0 Å². The van der Waals surface area contributed by atoms with E-state index in [1.54, 1.807) is 13.0 Å². The van der Waals surface area contributed by atoms with E-state index in [2.05, 4.69) is 10.2 Å². The van der Waals surface area contributed by atoms with Crippen molar-refractivity contribution in [3.05, 3.63) is 34.9 Å². The molecule has 0 unspecified atom stereocenters. The van der Waals surface area contributed by atoms with Crippen molar-refractivity contribution in [3.63, 3.8) is 0 Å². The van der Waals surface area contributed by atoms with Crippen molar-refractivity contribution in [1.82, 2.24) is 20.0 Å². The lowest BCUT2D eigenvalue weighted by molar-refractivity contribution is -0.132. The molecule has 3 rings (SSSR count). The number of rotatable bonds is 5. The van der Waals surface area contributed by atoms with Crippen molar-refractivity contribution in [2.24, 2.45) is 0 Å². The average molecular weight is 421 g/mol. The van der Waals surface area contributed by atoms with Gasteiger partial charge in [-0.25, -0.2) is 0 Å². The zero-order valence-electron chi connectivity index (χ0n) is 16.9. The number of carbonyl (C=O) groups excluding carboxylic acids is 3. The zero-order valence-corrected chi connectivity index (χ0v) is 17.7. The fourth-order valence-corrected chi connectivity index (χ4v) is 4.09. The lowest BCUT2D eigenvalue weighted by Gasteiger charge is -2.35. The number of hydrogen-bond donors (Lipinski definition) is 1. The van der Waals surface area contributed by atoms with Crippen LogP contribution < -0.4 is 5.32 Å². The van der Waals surface area contributed by atoms with Crippen LogP contribution in [0.1, 0.15) is 25.3 Å². The second-order valence-corrected chi connectivity index (χ2v) is 8.18. The Hall–Kier alpha value is -2.12. The fourth-order valence-electron chi connectivity index (χ4n) is 3.89. The summed E-state index contributed by atoms with van der Waals surface area (Å²) in [5, 5.41) is 3.70. The predicted molar refractivity (Wildman–Crippen MR) is 112 cm³/mol. The smallest absolute Gasteiger partial charge is 0.234 e. The van der Waals surface area contributed by atoms with Gasteiger partial charge in [0.25, 0.3) is 0 Å². The van der Waals surface area contributed by atoms with E-state index in [-0.39, 0.29) is 23.8 Å². The number of halogens is 1. The van der Waals surface area contributed by atoms with Gasteiger partial charge in [0.1, 0.15) is 0 Å². The van der Waals surface area contributed by atoms with E-state index in [1.165, 1.54) is 0 Å². The number of amides is 3. The van der Waals surface area contributed by atoms with Gasteiger partial charge in [0.15, 0.2) is 0 Å². The lowest BCUT2D eigenvalue weighted by Crippen LogP contribution is -2.53. The van der Waals surface area contributed by atoms with E-state index < -0.39 is 0 Å². The Bertz CT molecular complexity index is 741. The third-order valence-electron chi connectivity index (χ3n) is 5.70. The van der Waals surface area contributed by atoms with Gasteiger partial charge in [-0.15, -0.1) is 0 Å². The molecule has 1 aromatic rings. The van der Waals surface area contributed by atoms with Gasteiger partial charge in [-0.3, -0.25) is 19.3 Å². The highest BCUT2D eigenvalue weighted by atomic mass is 35.5. The molecule has 8 heteroatoms. The molecule has 0 radical (unpaired) electrons. The number of benzene rings is 1. The van der Waals surface area contributed by atoms with Crippen molar-refractivity contribution in [2.75, 3.05) is 45.8 Å². The molecule has 0 saturated carbocycles. The van der Waals surface area contributed by atoms with E-state index >= 15 is 0 Å². The molecule has 158 valence electrons. The Morgan fingerprint density at radius 2 is 1.66 bits per heavy atom. The monoisotopic (exact) mass is 420 g/mol. The largest absolute Gasteiger partial charge is 0.352 e. The highest BCUT2D eigenvalue weighted by Gasteiger charge is 2.25. The van der Waals surface area contributed by atoms with Crippen molar-refractivity contribution in [2.45, 2.75) is 32.2 Å². The Kier molecular flexibility index (Phi) is 7.50. The van der Waals surface area contributed by atoms with Gasteiger partial charge in [0.05, 0.1) is 13.0 Å². The van der Waals surface area contributed by atoms with Crippen LogP contribution in [0.5, 0.6) is 0 Å².